The number of nitrogens with zero attached hydrogens (tertiary/aromatic N) is 1. The van der Waals surface area contributed by atoms with Gasteiger partial charge in [0.25, 0.3) is 0 Å². The van der Waals surface area contributed by atoms with Crippen LogP contribution in [-0.2, 0) is 20.9 Å². The lowest BCUT2D eigenvalue weighted by molar-refractivity contribution is -0.150. The second-order valence-corrected chi connectivity index (χ2v) is 8.47. The van der Waals surface area contributed by atoms with E-state index in [9.17, 15) is 19.5 Å². The van der Waals surface area contributed by atoms with E-state index in [0.29, 0.717) is 18.5 Å². The summed E-state index contributed by atoms with van der Waals surface area (Å²) in [5.74, 6) is -1.83. The molecule has 0 spiro atoms. The van der Waals surface area contributed by atoms with Crippen molar-refractivity contribution in [1.82, 2.24) is 15.5 Å². The van der Waals surface area contributed by atoms with E-state index in [0.717, 1.165) is 32.1 Å². The Morgan fingerprint density at radius 2 is 1.91 bits per heavy atom. The van der Waals surface area contributed by atoms with Gasteiger partial charge in [0.05, 0.1) is 18.2 Å². The molecule has 1 unspecified atom stereocenters. The van der Waals surface area contributed by atoms with Crippen LogP contribution in [0, 0.1) is 11.3 Å². The summed E-state index contributed by atoms with van der Waals surface area (Å²) in [6, 6.07) is 3.43. The zero-order valence-corrected chi connectivity index (χ0v) is 18.0. The quantitative estimate of drug-likeness (QED) is 0.238. The fourth-order valence-corrected chi connectivity index (χ4v) is 4.44. The summed E-state index contributed by atoms with van der Waals surface area (Å²) < 4.78 is 0. The summed E-state index contributed by atoms with van der Waals surface area (Å²) in [7, 11) is 0. The van der Waals surface area contributed by atoms with E-state index in [4.69, 9.17) is 16.2 Å². The number of nitrogens with one attached hydrogen (secondary N) is 3. The number of amidine groups is 1. The van der Waals surface area contributed by atoms with Crippen LogP contribution in [0.15, 0.2) is 18.2 Å². The van der Waals surface area contributed by atoms with Gasteiger partial charge in [-0.3, -0.25) is 25.1 Å². The van der Waals surface area contributed by atoms with Crippen molar-refractivity contribution in [1.29, 1.82) is 5.41 Å². The van der Waals surface area contributed by atoms with Crippen molar-refractivity contribution in [2.45, 2.75) is 57.2 Å². The van der Waals surface area contributed by atoms with Crippen LogP contribution < -0.4 is 16.4 Å². The fourth-order valence-electron chi connectivity index (χ4n) is 4.44. The number of likely N-dealkylation sites (tertiary alicyclic amines) is 1. The van der Waals surface area contributed by atoms with Gasteiger partial charge in [0.1, 0.15) is 17.6 Å². The highest BCUT2D eigenvalue weighted by molar-refractivity contribution is 5.97. The number of carboxylic acid groups (broad SMARTS) is 1. The lowest BCUT2D eigenvalue weighted by Gasteiger charge is -2.43. The molecule has 0 aromatic heterocycles. The molecule has 1 aliphatic carbocycles. The molecule has 3 rings (SSSR count). The van der Waals surface area contributed by atoms with E-state index in [-0.39, 0.29) is 48.0 Å². The van der Waals surface area contributed by atoms with Crippen molar-refractivity contribution < 1.29 is 24.6 Å². The largest absolute Gasteiger partial charge is 0.507 e. The molecular weight excluding hydrogens is 414 g/mol. The van der Waals surface area contributed by atoms with E-state index in [1.807, 2.05) is 0 Å². The second-order valence-electron chi connectivity index (χ2n) is 8.47. The number of nitrogens with two attached hydrogens (primary N) is 1. The van der Waals surface area contributed by atoms with Gasteiger partial charge in [-0.2, -0.15) is 0 Å². The predicted molar refractivity (Wildman–Crippen MR) is 117 cm³/mol. The number of rotatable bonds is 9. The first-order valence-electron chi connectivity index (χ1n) is 11.0. The number of aromatic hydroxyl groups is 1. The molecule has 10 nitrogen and oxygen atoms in total. The Labute approximate surface area is 186 Å². The third-order valence-electron chi connectivity index (χ3n) is 6.28. The molecule has 1 aromatic carbocycles. The molecule has 2 amide bonds. The Kier molecular flexibility index (Phi) is 7.68. The number of phenols is 1. The number of carboxylic acids is 1. The maximum atomic E-state index is 13.2. The van der Waals surface area contributed by atoms with Gasteiger partial charge in [0.2, 0.25) is 11.8 Å². The number of phenolic OH excluding ortho intramolecular Hbond substituents is 1. The molecular formula is C22H31N5O5. The van der Waals surface area contributed by atoms with Crippen molar-refractivity contribution in [3.05, 3.63) is 29.3 Å². The minimum Gasteiger partial charge on any atom is -0.507 e. The van der Waals surface area contributed by atoms with Gasteiger partial charge in [-0.05, 0) is 42.9 Å². The summed E-state index contributed by atoms with van der Waals surface area (Å²) in [6.07, 6.45) is 5.43. The second kappa shape index (κ2) is 10.4. The molecule has 1 aliphatic heterocycles. The maximum absolute atomic E-state index is 13.2. The Hall–Kier alpha value is -3.14. The van der Waals surface area contributed by atoms with Gasteiger partial charge < -0.3 is 26.2 Å². The predicted octanol–water partition coefficient (Wildman–Crippen LogP) is 0.516. The molecule has 1 saturated heterocycles. The average Bonchev–Trinajstić information content (AvgIpc) is 2.72. The normalized spacial score (nSPS) is 19.6. The van der Waals surface area contributed by atoms with Gasteiger partial charge in [0.15, 0.2) is 0 Å². The molecule has 2 aliphatic rings. The number of aliphatic carboxylic acids is 1. The molecule has 7 N–H and O–H groups in total. The van der Waals surface area contributed by atoms with Crippen molar-refractivity contribution in [3.8, 4) is 5.75 Å². The first kappa shape index (κ1) is 23.5. The number of nitrogen functional groups attached to an aromatic ring is 1. The summed E-state index contributed by atoms with van der Waals surface area (Å²) in [6.45, 7) is 0.326. The highest BCUT2D eigenvalue weighted by atomic mass is 16.4. The van der Waals surface area contributed by atoms with Crippen molar-refractivity contribution in [3.63, 3.8) is 0 Å². The van der Waals surface area contributed by atoms with Gasteiger partial charge in [-0.15, -0.1) is 0 Å². The Balaban J connectivity index is 1.60. The number of hydrogen-bond donors (Lipinski definition) is 6. The summed E-state index contributed by atoms with van der Waals surface area (Å²) in [5.41, 5.74) is 6.25. The highest BCUT2D eigenvalue weighted by Crippen LogP contribution is 2.29. The van der Waals surface area contributed by atoms with Crippen LogP contribution in [0.4, 0.5) is 0 Å². The van der Waals surface area contributed by atoms with Crippen LogP contribution in [0.25, 0.3) is 0 Å². The smallest absolute Gasteiger partial charge is 0.317 e. The Morgan fingerprint density at radius 1 is 1.19 bits per heavy atom. The number of carbonyl (C=O) groups excluding carboxylic acids is 2. The van der Waals surface area contributed by atoms with Gasteiger partial charge in [-0.25, -0.2) is 0 Å². The zero-order valence-electron chi connectivity index (χ0n) is 18.0. The number of benzene rings is 1. The monoisotopic (exact) mass is 445 g/mol. The molecule has 174 valence electrons. The summed E-state index contributed by atoms with van der Waals surface area (Å²) in [5, 5.41) is 32.1. The minimum atomic E-state index is -1.02. The first-order valence-corrected chi connectivity index (χ1v) is 11.0. The van der Waals surface area contributed by atoms with Crippen molar-refractivity contribution in [2.24, 2.45) is 11.7 Å². The van der Waals surface area contributed by atoms with Crippen LogP contribution in [0.3, 0.4) is 0 Å². The molecule has 10 heteroatoms. The maximum Gasteiger partial charge on any atom is 0.317 e. The topological polar surface area (TPSA) is 169 Å². The van der Waals surface area contributed by atoms with Crippen molar-refractivity contribution >= 4 is 23.6 Å². The van der Waals surface area contributed by atoms with E-state index < -0.39 is 18.1 Å². The summed E-state index contributed by atoms with van der Waals surface area (Å²) >= 11 is 0. The molecule has 1 saturated carbocycles. The van der Waals surface area contributed by atoms with Crippen LogP contribution in [0.2, 0.25) is 0 Å². The van der Waals surface area contributed by atoms with E-state index in [2.05, 4.69) is 10.6 Å². The minimum absolute atomic E-state index is 0.0719. The lowest BCUT2D eigenvalue weighted by Crippen LogP contribution is -2.63. The SMILES string of the molecule is N=C(N)c1ccc(CNC(=O)C2CCN2C(=O)[C@H](NCC(=O)O)C2CCCCC2)cc1O. The first-order chi connectivity index (χ1) is 15.3. The molecule has 0 radical (unpaired) electrons. The van der Waals surface area contributed by atoms with E-state index >= 15 is 0 Å². The van der Waals surface area contributed by atoms with Gasteiger partial charge in [0, 0.05) is 13.1 Å². The Bertz CT molecular complexity index is 883. The number of hydrogen-bond acceptors (Lipinski definition) is 6. The fraction of sp³-hybridized carbons (Fsp3) is 0.545. The molecule has 1 aromatic rings. The average molecular weight is 446 g/mol. The molecule has 2 fully saturated rings. The van der Waals surface area contributed by atoms with Crippen LogP contribution >= 0.6 is 0 Å². The third-order valence-corrected chi connectivity index (χ3v) is 6.28. The van der Waals surface area contributed by atoms with Crippen LogP contribution in [0.5, 0.6) is 5.75 Å². The molecule has 32 heavy (non-hydrogen) atoms. The number of amides is 2. The Morgan fingerprint density at radius 3 is 2.47 bits per heavy atom. The van der Waals surface area contributed by atoms with Crippen LogP contribution in [0.1, 0.15) is 49.7 Å². The standard InChI is InChI=1S/C22H31N5O5/c23-20(24)15-7-6-13(10-17(15)28)11-26-21(31)16-8-9-27(16)22(32)19(25-12-18(29)30)14-4-2-1-3-5-14/h6-7,10,14,16,19,25,28H,1-5,8-9,11-12H2,(H3,23,24)(H,26,31)(H,29,30)/t16?,19-/m1/s1. The highest BCUT2D eigenvalue weighted by Gasteiger charge is 2.42. The molecule has 1 heterocycles. The molecule has 2 atom stereocenters. The van der Waals surface area contributed by atoms with Gasteiger partial charge in [-0.1, -0.05) is 25.3 Å². The summed E-state index contributed by atoms with van der Waals surface area (Å²) in [4.78, 5) is 38.5. The van der Waals surface area contributed by atoms with Crippen LogP contribution in [-0.4, -0.2) is 63.9 Å². The number of carbonyl (C=O) groups is 3. The van der Waals surface area contributed by atoms with E-state index in [1.54, 1.807) is 6.07 Å². The van der Waals surface area contributed by atoms with Crippen molar-refractivity contribution in [2.75, 3.05) is 13.1 Å². The zero-order chi connectivity index (χ0) is 23.3. The third kappa shape index (κ3) is 5.56. The van der Waals surface area contributed by atoms with Gasteiger partial charge >= 0.3 is 5.97 Å². The lowest BCUT2D eigenvalue weighted by atomic mass is 9.82. The van der Waals surface area contributed by atoms with E-state index in [1.165, 1.54) is 17.0 Å². The molecule has 0 bridgehead atoms.